The largest absolute Gasteiger partial charge is 0.414 e. The fourth-order valence-corrected chi connectivity index (χ4v) is 2.60. The van der Waals surface area contributed by atoms with Gasteiger partial charge in [-0.05, 0) is 18.1 Å². The summed E-state index contributed by atoms with van der Waals surface area (Å²) in [5, 5.41) is 0.203. The average molecular weight is 258 g/mol. The lowest BCUT2D eigenvalue weighted by atomic mass is 9.96. The van der Waals surface area contributed by atoms with Crippen molar-refractivity contribution in [1.82, 2.24) is 0 Å². The Labute approximate surface area is 106 Å². The van der Waals surface area contributed by atoms with Crippen molar-refractivity contribution in [3.63, 3.8) is 0 Å². The summed E-state index contributed by atoms with van der Waals surface area (Å²) >= 11 is 0. The van der Waals surface area contributed by atoms with Gasteiger partial charge in [0, 0.05) is 12.3 Å². The monoisotopic (exact) mass is 258 g/mol. The zero-order valence-electron chi connectivity index (χ0n) is 12.0. The molecule has 1 rings (SSSR count). The molecule has 0 aromatic carbocycles. The summed E-state index contributed by atoms with van der Waals surface area (Å²) in [6.07, 6.45) is 0.503. The summed E-state index contributed by atoms with van der Waals surface area (Å²) in [7, 11) is -1.73. The van der Waals surface area contributed by atoms with Crippen LogP contribution in [0.4, 0.5) is 0 Å². The average Bonchev–Trinajstić information content (AvgIpc) is 2.18. The maximum Gasteiger partial charge on any atom is 0.192 e. The zero-order valence-corrected chi connectivity index (χ0v) is 13.0. The highest BCUT2D eigenvalue weighted by Crippen LogP contribution is 2.37. The molecule has 4 heteroatoms. The van der Waals surface area contributed by atoms with Crippen molar-refractivity contribution in [2.45, 2.75) is 58.4 Å². The van der Waals surface area contributed by atoms with Crippen molar-refractivity contribution >= 4 is 14.1 Å². The van der Waals surface area contributed by atoms with Crippen LogP contribution in [0.2, 0.25) is 18.1 Å². The Hall–Kier alpha value is -0.193. The Morgan fingerprint density at radius 2 is 2.00 bits per heavy atom. The third-order valence-corrected chi connectivity index (χ3v) is 8.66. The maximum absolute atomic E-state index is 11.6. The molecular weight excluding hydrogens is 232 g/mol. The van der Waals surface area contributed by atoms with Gasteiger partial charge in [-0.2, -0.15) is 0 Å². The van der Waals surface area contributed by atoms with E-state index >= 15 is 0 Å². The second kappa shape index (κ2) is 5.20. The van der Waals surface area contributed by atoms with Crippen LogP contribution in [-0.2, 0) is 14.0 Å². The number of carbonyl (C=O) groups excluding carboxylic acids is 1. The summed E-state index contributed by atoms with van der Waals surface area (Å²) < 4.78 is 11.8. The topological polar surface area (TPSA) is 35.5 Å². The fraction of sp³-hybridized carbons (Fsp3) is 0.923. The molecule has 0 unspecified atom stereocenters. The zero-order chi connectivity index (χ0) is 13.3. The van der Waals surface area contributed by atoms with E-state index in [9.17, 15) is 4.79 Å². The number of hydrogen-bond donors (Lipinski definition) is 0. The van der Waals surface area contributed by atoms with Gasteiger partial charge in [-0.15, -0.1) is 0 Å². The van der Waals surface area contributed by atoms with Gasteiger partial charge in [0.1, 0.15) is 5.78 Å². The molecule has 0 radical (unpaired) electrons. The van der Waals surface area contributed by atoms with E-state index in [1.54, 1.807) is 0 Å². The minimum Gasteiger partial charge on any atom is -0.414 e. The van der Waals surface area contributed by atoms with Crippen LogP contribution < -0.4 is 0 Å². The van der Waals surface area contributed by atoms with E-state index < -0.39 is 8.32 Å². The fourth-order valence-electron chi connectivity index (χ4n) is 1.59. The molecule has 0 N–H and O–H groups in total. The van der Waals surface area contributed by atoms with E-state index in [4.69, 9.17) is 9.16 Å². The van der Waals surface area contributed by atoms with E-state index in [1.807, 2.05) is 6.92 Å². The molecule has 17 heavy (non-hydrogen) atoms. The lowest BCUT2D eigenvalue weighted by molar-refractivity contribution is -0.138. The molecule has 0 aliphatic carbocycles. The molecule has 1 fully saturated rings. The van der Waals surface area contributed by atoms with Crippen molar-refractivity contribution in [2.24, 2.45) is 5.92 Å². The minimum atomic E-state index is -1.73. The number of hydrogen-bond acceptors (Lipinski definition) is 3. The third-order valence-electron chi connectivity index (χ3n) is 4.16. The Morgan fingerprint density at radius 1 is 1.41 bits per heavy atom. The molecule has 0 saturated carbocycles. The summed E-state index contributed by atoms with van der Waals surface area (Å²) in [6, 6.07) is 0. The van der Waals surface area contributed by atoms with Gasteiger partial charge in [-0.3, -0.25) is 4.79 Å². The second-order valence-electron chi connectivity index (χ2n) is 6.49. The Kier molecular flexibility index (Phi) is 4.55. The predicted molar refractivity (Wildman–Crippen MR) is 71.7 cm³/mol. The van der Waals surface area contributed by atoms with Crippen LogP contribution in [0.15, 0.2) is 0 Å². The number of ether oxygens (including phenoxy) is 1. The van der Waals surface area contributed by atoms with Crippen LogP contribution in [0, 0.1) is 5.92 Å². The van der Waals surface area contributed by atoms with Crippen LogP contribution in [-0.4, -0.2) is 33.4 Å². The van der Waals surface area contributed by atoms with Gasteiger partial charge in [0.05, 0.1) is 19.3 Å². The van der Waals surface area contributed by atoms with Crippen molar-refractivity contribution in [1.29, 1.82) is 0 Å². The van der Waals surface area contributed by atoms with Gasteiger partial charge < -0.3 is 9.16 Å². The molecule has 100 valence electrons. The van der Waals surface area contributed by atoms with Crippen LogP contribution >= 0.6 is 0 Å². The lowest BCUT2D eigenvalue weighted by Crippen LogP contribution is -2.46. The summed E-state index contributed by atoms with van der Waals surface area (Å²) in [5.41, 5.74) is 0. The first-order valence-electron chi connectivity index (χ1n) is 6.43. The molecule has 0 spiro atoms. The Bertz CT molecular complexity index is 281. The quantitative estimate of drug-likeness (QED) is 0.730. The second-order valence-corrected chi connectivity index (χ2v) is 11.3. The van der Waals surface area contributed by atoms with Gasteiger partial charge in [0.2, 0.25) is 0 Å². The number of rotatable bonds is 3. The molecule has 1 heterocycles. The highest BCUT2D eigenvalue weighted by Gasteiger charge is 2.39. The van der Waals surface area contributed by atoms with Gasteiger partial charge in [-0.1, -0.05) is 27.7 Å². The van der Waals surface area contributed by atoms with Crippen LogP contribution in [0.3, 0.4) is 0 Å². The minimum absolute atomic E-state index is 0.0199. The first-order valence-corrected chi connectivity index (χ1v) is 9.34. The molecule has 3 nitrogen and oxygen atoms in total. The predicted octanol–water partition coefficient (Wildman–Crippen LogP) is 3.00. The Balaban J connectivity index is 2.53. The van der Waals surface area contributed by atoms with E-state index in [0.29, 0.717) is 25.4 Å². The molecular formula is C13H26O3Si. The summed E-state index contributed by atoms with van der Waals surface area (Å²) in [4.78, 5) is 11.6. The third kappa shape index (κ3) is 3.63. The van der Waals surface area contributed by atoms with E-state index in [0.717, 1.165) is 0 Å². The molecule has 2 atom stereocenters. The van der Waals surface area contributed by atoms with E-state index in [2.05, 4.69) is 33.9 Å². The molecule has 1 aliphatic heterocycles. The number of Topliss-reactive ketones (excluding diaryl/α,β-unsaturated/α-hetero) is 1. The van der Waals surface area contributed by atoms with E-state index in [-0.39, 0.29) is 17.1 Å². The molecule has 0 amide bonds. The van der Waals surface area contributed by atoms with Crippen molar-refractivity contribution in [3.05, 3.63) is 0 Å². The normalized spacial score (nSPS) is 27.3. The van der Waals surface area contributed by atoms with Gasteiger partial charge in [-0.25, -0.2) is 0 Å². The standard InChI is InChI=1S/C13H26O3Si/c1-10-11(14)7-8-15-12(10)9-16-17(5,6)13(2,3)4/h10,12H,7-9H2,1-6H3/t10-,12-/m0/s1. The molecule has 0 bridgehead atoms. The summed E-state index contributed by atoms with van der Waals surface area (Å²) in [6.45, 7) is 14.2. The van der Waals surface area contributed by atoms with Gasteiger partial charge in [0.25, 0.3) is 0 Å². The van der Waals surface area contributed by atoms with Crippen LogP contribution in [0.5, 0.6) is 0 Å². The number of ketones is 1. The Morgan fingerprint density at radius 3 is 2.53 bits per heavy atom. The van der Waals surface area contributed by atoms with Crippen molar-refractivity contribution in [2.75, 3.05) is 13.2 Å². The lowest BCUT2D eigenvalue weighted by Gasteiger charge is -2.38. The SMILES string of the molecule is C[C@H]1C(=O)CCO[C@H]1CO[Si](C)(C)C(C)(C)C. The first-order chi connectivity index (χ1) is 7.65. The first kappa shape index (κ1) is 14.9. The molecule has 1 saturated heterocycles. The molecule has 0 aromatic heterocycles. The van der Waals surface area contributed by atoms with Crippen LogP contribution in [0.25, 0.3) is 0 Å². The van der Waals surface area contributed by atoms with Crippen LogP contribution in [0.1, 0.15) is 34.1 Å². The van der Waals surface area contributed by atoms with Crippen molar-refractivity contribution < 1.29 is 14.0 Å². The van der Waals surface area contributed by atoms with E-state index in [1.165, 1.54) is 0 Å². The highest BCUT2D eigenvalue weighted by atomic mass is 28.4. The maximum atomic E-state index is 11.6. The van der Waals surface area contributed by atoms with Crippen molar-refractivity contribution in [3.8, 4) is 0 Å². The van der Waals surface area contributed by atoms with Gasteiger partial charge >= 0.3 is 0 Å². The number of carbonyl (C=O) groups is 1. The molecule has 1 aliphatic rings. The highest BCUT2D eigenvalue weighted by molar-refractivity contribution is 6.74. The van der Waals surface area contributed by atoms with Gasteiger partial charge in [0.15, 0.2) is 8.32 Å². The molecule has 0 aromatic rings. The summed E-state index contributed by atoms with van der Waals surface area (Å²) in [5.74, 6) is 0.286. The smallest absolute Gasteiger partial charge is 0.192 e.